The Morgan fingerprint density at radius 2 is 1.86 bits per heavy atom. The van der Waals surface area contributed by atoms with E-state index in [1.807, 2.05) is 0 Å². The van der Waals surface area contributed by atoms with E-state index >= 15 is 0 Å². The molecule has 0 spiro atoms. The summed E-state index contributed by atoms with van der Waals surface area (Å²) in [7, 11) is -1.94. The van der Waals surface area contributed by atoms with Crippen molar-refractivity contribution in [2.75, 3.05) is 25.5 Å². The van der Waals surface area contributed by atoms with Gasteiger partial charge in [0.15, 0.2) is 5.11 Å². The Morgan fingerprint density at radius 3 is 2.54 bits per heavy atom. The van der Waals surface area contributed by atoms with Gasteiger partial charge in [-0.2, -0.15) is 4.31 Å². The molecule has 2 aliphatic rings. The van der Waals surface area contributed by atoms with E-state index in [-0.39, 0.29) is 4.90 Å². The van der Waals surface area contributed by atoms with Gasteiger partial charge in [0.05, 0.1) is 17.7 Å². The first-order valence-corrected chi connectivity index (χ1v) is 12.0. The van der Waals surface area contributed by atoms with E-state index in [9.17, 15) is 8.42 Å². The lowest BCUT2D eigenvalue weighted by Gasteiger charge is -2.30. The normalized spacial score (nSPS) is 23.8. The molecule has 0 radical (unpaired) electrons. The molecule has 1 saturated carbocycles. The molecule has 0 bridgehead atoms. The maximum atomic E-state index is 13.0. The smallest absolute Gasteiger partial charge is 0.243 e. The fourth-order valence-electron chi connectivity index (χ4n) is 4.06. The molecule has 0 amide bonds. The standard InChI is InChI=1S/C20H31N3O3S2/c1-15-8-4-5-9-17(15)21-20(27)22-18-14-16(10-11-19(18)26-2)28(24,25)23-12-6-3-7-13-23/h10-11,14-15,17H,3-9,12-13H2,1-2H3,(H2,21,22,27)/t15-,17-/m1/s1. The fraction of sp³-hybridized carbons (Fsp3) is 0.650. The molecule has 1 aromatic rings. The number of ether oxygens (including phenoxy) is 1. The molecule has 1 aliphatic heterocycles. The third-order valence-electron chi connectivity index (χ3n) is 5.80. The first kappa shape index (κ1) is 21.3. The summed E-state index contributed by atoms with van der Waals surface area (Å²) in [6, 6.07) is 5.26. The summed E-state index contributed by atoms with van der Waals surface area (Å²) in [4.78, 5) is 0.270. The Bertz CT molecular complexity index is 792. The predicted molar refractivity (Wildman–Crippen MR) is 116 cm³/mol. The van der Waals surface area contributed by atoms with Crippen LogP contribution in [0.25, 0.3) is 0 Å². The van der Waals surface area contributed by atoms with Crippen LogP contribution in [0.5, 0.6) is 5.75 Å². The summed E-state index contributed by atoms with van der Waals surface area (Å²) in [5.74, 6) is 1.14. The first-order valence-electron chi connectivity index (χ1n) is 10.2. The van der Waals surface area contributed by atoms with E-state index in [1.165, 1.54) is 19.3 Å². The van der Waals surface area contributed by atoms with Crippen molar-refractivity contribution in [3.8, 4) is 5.75 Å². The molecular formula is C20H31N3O3S2. The highest BCUT2D eigenvalue weighted by molar-refractivity contribution is 7.89. The number of nitrogens with zero attached hydrogens (tertiary/aromatic N) is 1. The molecule has 1 heterocycles. The van der Waals surface area contributed by atoms with Crippen LogP contribution >= 0.6 is 12.2 Å². The van der Waals surface area contributed by atoms with Crippen molar-refractivity contribution in [2.45, 2.75) is 62.8 Å². The van der Waals surface area contributed by atoms with Crippen molar-refractivity contribution >= 4 is 33.0 Å². The van der Waals surface area contributed by atoms with Crippen LogP contribution in [0.1, 0.15) is 51.9 Å². The number of rotatable bonds is 5. The Morgan fingerprint density at radius 1 is 1.14 bits per heavy atom. The minimum Gasteiger partial charge on any atom is -0.495 e. The van der Waals surface area contributed by atoms with Crippen LogP contribution in [0.3, 0.4) is 0 Å². The van der Waals surface area contributed by atoms with Crippen LogP contribution in [-0.2, 0) is 10.0 Å². The van der Waals surface area contributed by atoms with Crippen molar-refractivity contribution in [2.24, 2.45) is 5.92 Å². The highest BCUT2D eigenvalue weighted by atomic mass is 32.2. The summed E-state index contributed by atoms with van der Waals surface area (Å²) in [6.07, 6.45) is 7.68. The molecule has 0 unspecified atom stereocenters. The van der Waals surface area contributed by atoms with Gasteiger partial charge < -0.3 is 15.4 Å². The SMILES string of the molecule is COc1ccc(S(=O)(=O)N2CCCCC2)cc1NC(=S)N[C@@H]1CCCC[C@H]1C. The summed E-state index contributed by atoms with van der Waals surface area (Å²) >= 11 is 5.50. The van der Waals surface area contributed by atoms with Crippen molar-refractivity contribution in [3.05, 3.63) is 18.2 Å². The van der Waals surface area contributed by atoms with Gasteiger partial charge in [0.1, 0.15) is 5.75 Å². The van der Waals surface area contributed by atoms with Gasteiger partial charge in [0.25, 0.3) is 0 Å². The maximum absolute atomic E-state index is 13.0. The average molecular weight is 426 g/mol. The highest BCUT2D eigenvalue weighted by Gasteiger charge is 2.27. The van der Waals surface area contributed by atoms with E-state index in [0.29, 0.717) is 41.6 Å². The molecule has 28 heavy (non-hydrogen) atoms. The quantitative estimate of drug-likeness (QED) is 0.701. The zero-order valence-corrected chi connectivity index (χ0v) is 18.4. The largest absolute Gasteiger partial charge is 0.495 e. The number of anilines is 1. The number of hydrogen-bond acceptors (Lipinski definition) is 4. The van der Waals surface area contributed by atoms with Gasteiger partial charge in [-0.15, -0.1) is 0 Å². The Hall–Kier alpha value is -1.38. The number of benzene rings is 1. The Labute approximate surface area is 174 Å². The van der Waals surface area contributed by atoms with Crippen LogP contribution in [0.2, 0.25) is 0 Å². The second-order valence-corrected chi connectivity index (χ2v) is 10.1. The number of hydrogen-bond donors (Lipinski definition) is 2. The average Bonchev–Trinajstić information content (AvgIpc) is 2.70. The Balaban J connectivity index is 1.76. The molecule has 1 aliphatic carbocycles. The molecule has 2 fully saturated rings. The van der Waals surface area contributed by atoms with Crippen molar-refractivity contribution in [3.63, 3.8) is 0 Å². The predicted octanol–water partition coefficient (Wildman–Crippen LogP) is 3.73. The van der Waals surface area contributed by atoms with Crippen molar-refractivity contribution < 1.29 is 13.2 Å². The monoisotopic (exact) mass is 425 g/mol. The van der Waals surface area contributed by atoms with Gasteiger partial charge >= 0.3 is 0 Å². The lowest BCUT2D eigenvalue weighted by atomic mass is 9.86. The summed E-state index contributed by atoms with van der Waals surface area (Å²) in [5, 5.41) is 7.06. The van der Waals surface area contributed by atoms with Crippen LogP contribution < -0.4 is 15.4 Å². The van der Waals surface area contributed by atoms with Gasteiger partial charge in [-0.05, 0) is 62.0 Å². The van der Waals surface area contributed by atoms with Gasteiger partial charge in [-0.25, -0.2) is 8.42 Å². The minimum atomic E-state index is -3.51. The molecule has 0 aromatic heterocycles. The van der Waals surface area contributed by atoms with Crippen molar-refractivity contribution in [1.29, 1.82) is 0 Å². The number of thiocarbonyl (C=S) groups is 1. The second kappa shape index (κ2) is 9.41. The third-order valence-corrected chi connectivity index (χ3v) is 7.91. The molecule has 6 nitrogen and oxygen atoms in total. The maximum Gasteiger partial charge on any atom is 0.243 e. The molecule has 8 heteroatoms. The summed E-state index contributed by atoms with van der Waals surface area (Å²) in [5.41, 5.74) is 0.571. The number of piperidine rings is 1. The zero-order chi connectivity index (χ0) is 20.1. The molecule has 2 atom stereocenters. The highest BCUT2D eigenvalue weighted by Crippen LogP contribution is 2.30. The van der Waals surface area contributed by atoms with Gasteiger partial charge in [-0.3, -0.25) is 0 Å². The first-order chi connectivity index (χ1) is 13.4. The van der Waals surface area contributed by atoms with E-state index in [1.54, 1.807) is 29.6 Å². The van der Waals surface area contributed by atoms with E-state index in [2.05, 4.69) is 17.6 Å². The number of methoxy groups -OCH3 is 1. The molecule has 2 N–H and O–H groups in total. The van der Waals surface area contributed by atoms with Crippen LogP contribution in [-0.4, -0.2) is 44.1 Å². The molecular weight excluding hydrogens is 394 g/mol. The van der Waals surface area contributed by atoms with Crippen molar-refractivity contribution in [1.82, 2.24) is 9.62 Å². The van der Waals surface area contributed by atoms with Gasteiger partial charge in [-0.1, -0.05) is 26.2 Å². The van der Waals surface area contributed by atoms with E-state index in [0.717, 1.165) is 25.7 Å². The second-order valence-electron chi connectivity index (χ2n) is 7.79. The van der Waals surface area contributed by atoms with E-state index < -0.39 is 10.0 Å². The van der Waals surface area contributed by atoms with Gasteiger partial charge in [0.2, 0.25) is 10.0 Å². The zero-order valence-electron chi connectivity index (χ0n) is 16.7. The fourth-order valence-corrected chi connectivity index (χ4v) is 5.86. The van der Waals surface area contributed by atoms with Crippen LogP contribution in [0, 0.1) is 5.92 Å². The lowest BCUT2D eigenvalue weighted by Crippen LogP contribution is -2.43. The number of nitrogens with one attached hydrogen (secondary N) is 2. The summed E-state index contributed by atoms with van der Waals surface area (Å²) in [6.45, 7) is 3.40. The topological polar surface area (TPSA) is 70.7 Å². The summed E-state index contributed by atoms with van der Waals surface area (Å²) < 4.78 is 33.0. The Kier molecular flexibility index (Phi) is 7.17. The molecule has 1 aromatic carbocycles. The molecule has 1 saturated heterocycles. The number of sulfonamides is 1. The lowest BCUT2D eigenvalue weighted by molar-refractivity contribution is 0.309. The van der Waals surface area contributed by atoms with Gasteiger partial charge in [0, 0.05) is 19.1 Å². The van der Waals surface area contributed by atoms with E-state index in [4.69, 9.17) is 17.0 Å². The third kappa shape index (κ3) is 4.96. The molecule has 3 rings (SSSR count). The van der Waals surface area contributed by atoms with Crippen LogP contribution in [0.15, 0.2) is 23.1 Å². The minimum absolute atomic E-state index is 0.270. The molecule has 156 valence electrons. The van der Waals surface area contributed by atoms with Crippen LogP contribution in [0.4, 0.5) is 5.69 Å².